The molecule has 0 N–H and O–H groups in total. The molecule has 2 aliphatic heterocycles. The molecule has 144 valence electrons. The Hall–Kier alpha value is -2.32. The van der Waals surface area contributed by atoms with Crippen LogP contribution in [0, 0.1) is 5.82 Å². The molecule has 1 aromatic carbocycles. The molecule has 0 aromatic heterocycles. The van der Waals surface area contributed by atoms with Crippen LogP contribution < -0.4 is 4.90 Å². The summed E-state index contributed by atoms with van der Waals surface area (Å²) in [6.07, 6.45) is 1.43. The van der Waals surface area contributed by atoms with E-state index in [-0.39, 0.29) is 10.7 Å². The van der Waals surface area contributed by atoms with Crippen molar-refractivity contribution in [3.8, 4) is 0 Å². The van der Waals surface area contributed by atoms with Crippen molar-refractivity contribution in [2.45, 2.75) is 13.8 Å². The molecule has 0 radical (unpaired) electrons. The van der Waals surface area contributed by atoms with E-state index in [0.29, 0.717) is 50.6 Å². The summed E-state index contributed by atoms with van der Waals surface area (Å²) in [6.45, 7) is 6.70. The zero-order valence-corrected chi connectivity index (χ0v) is 16.2. The number of likely N-dealkylation sites (N-methyl/N-ethyl adjacent to an activating group) is 2. The lowest BCUT2D eigenvalue weighted by Crippen LogP contribution is -2.55. The fourth-order valence-electron chi connectivity index (χ4n) is 3.22. The molecule has 2 aliphatic rings. The van der Waals surface area contributed by atoms with Crippen LogP contribution in [0.3, 0.4) is 0 Å². The van der Waals surface area contributed by atoms with Crippen LogP contribution in [-0.2, 0) is 14.3 Å². The van der Waals surface area contributed by atoms with E-state index < -0.39 is 17.6 Å². The van der Waals surface area contributed by atoms with E-state index in [1.54, 1.807) is 26.0 Å². The molecule has 8 heteroatoms. The van der Waals surface area contributed by atoms with Crippen LogP contribution in [0.1, 0.15) is 19.4 Å². The first kappa shape index (κ1) is 19.4. The number of amides is 2. The smallest absolute Gasteiger partial charge is 0.265 e. The van der Waals surface area contributed by atoms with Crippen molar-refractivity contribution in [1.29, 1.82) is 0 Å². The van der Waals surface area contributed by atoms with Gasteiger partial charge in [0.2, 0.25) is 0 Å². The first-order valence-electron chi connectivity index (χ1n) is 8.99. The van der Waals surface area contributed by atoms with Gasteiger partial charge in [-0.25, -0.2) is 4.39 Å². The second-order valence-electron chi connectivity index (χ2n) is 6.25. The number of thiocarbonyl (C=S) groups is 1. The third-order valence-electron chi connectivity index (χ3n) is 4.68. The summed E-state index contributed by atoms with van der Waals surface area (Å²) >= 11 is 5.24. The molecule has 2 fully saturated rings. The predicted molar refractivity (Wildman–Crippen MR) is 105 cm³/mol. The average Bonchev–Trinajstić information content (AvgIpc) is 2.67. The van der Waals surface area contributed by atoms with Crippen LogP contribution in [0.5, 0.6) is 0 Å². The van der Waals surface area contributed by atoms with E-state index >= 15 is 0 Å². The number of rotatable bonds is 4. The maximum Gasteiger partial charge on any atom is 0.265 e. The molecule has 6 nitrogen and oxygen atoms in total. The van der Waals surface area contributed by atoms with Crippen molar-refractivity contribution in [3.05, 3.63) is 35.2 Å². The summed E-state index contributed by atoms with van der Waals surface area (Å²) in [6, 6.07) is 4.73. The van der Waals surface area contributed by atoms with Crippen molar-refractivity contribution in [2.75, 3.05) is 44.3 Å². The highest BCUT2D eigenvalue weighted by atomic mass is 32.1. The van der Waals surface area contributed by atoms with Gasteiger partial charge in [-0.3, -0.25) is 19.4 Å². The van der Waals surface area contributed by atoms with Gasteiger partial charge in [-0.15, -0.1) is 0 Å². The van der Waals surface area contributed by atoms with Gasteiger partial charge in [-0.1, -0.05) is 6.07 Å². The fourth-order valence-corrected chi connectivity index (χ4v) is 3.65. The lowest BCUT2D eigenvalue weighted by molar-refractivity contribution is -0.133. The van der Waals surface area contributed by atoms with Crippen LogP contribution in [0.15, 0.2) is 23.8 Å². The first-order valence-corrected chi connectivity index (χ1v) is 9.40. The van der Waals surface area contributed by atoms with E-state index in [2.05, 4.69) is 0 Å². The molecule has 2 saturated heterocycles. The Kier molecular flexibility index (Phi) is 5.86. The van der Waals surface area contributed by atoms with Gasteiger partial charge in [0.05, 0.1) is 18.9 Å². The molecule has 2 amide bonds. The largest absolute Gasteiger partial charge is 0.378 e. The predicted octanol–water partition coefficient (Wildman–Crippen LogP) is 2.04. The molecular weight excluding hydrogens is 369 g/mol. The lowest BCUT2D eigenvalue weighted by atomic mass is 10.1. The molecule has 2 heterocycles. The fraction of sp³-hybridized carbons (Fsp3) is 0.421. The van der Waals surface area contributed by atoms with Gasteiger partial charge in [0, 0.05) is 26.2 Å². The highest BCUT2D eigenvalue weighted by molar-refractivity contribution is 7.80. The zero-order chi connectivity index (χ0) is 19.6. The van der Waals surface area contributed by atoms with E-state index in [9.17, 15) is 14.0 Å². The lowest BCUT2D eigenvalue weighted by Gasteiger charge is -2.35. The van der Waals surface area contributed by atoms with E-state index in [1.165, 1.54) is 21.9 Å². The number of hydrogen-bond donors (Lipinski definition) is 0. The molecule has 0 spiro atoms. The standard InChI is InChI=1S/C19H22FN3O3S/c1-3-22-17(24)14(18(25)23(4-2)19(22)27)11-13-5-6-16(15(20)12-13)21-7-9-26-10-8-21/h5-6,11-12H,3-4,7-10H2,1-2H3. The van der Waals surface area contributed by atoms with E-state index in [1.807, 2.05) is 4.90 Å². The van der Waals surface area contributed by atoms with Crippen molar-refractivity contribution in [3.63, 3.8) is 0 Å². The summed E-state index contributed by atoms with van der Waals surface area (Å²) < 4.78 is 19.9. The van der Waals surface area contributed by atoms with Crippen molar-refractivity contribution >= 4 is 40.9 Å². The Morgan fingerprint density at radius 2 is 1.70 bits per heavy atom. The number of carbonyl (C=O) groups excluding carboxylic acids is 2. The van der Waals surface area contributed by atoms with E-state index in [0.717, 1.165) is 0 Å². The topological polar surface area (TPSA) is 53.1 Å². The second-order valence-corrected chi connectivity index (χ2v) is 6.61. The van der Waals surface area contributed by atoms with Gasteiger partial charge in [0.15, 0.2) is 5.11 Å². The Morgan fingerprint density at radius 3 is 2.22 bits per heavy atom. The highest BCUT2D eigenvalue weighted by Crippen LogP contribution is 2.25. The molecule has 1 aromatic rings. The molecule has 0 saturated carbocycles. The minimum absolute atomic E-state index is 0.00850. The van der Waals surface area contributed by atoms with Crippen LogP contribution in [-0.4, -0.2) is 66.1 Å². The van der Waals surface area contributed by atoms with Crippen LogP contribution >= 0.6 is 12.2 Å². The summed E-state index contributed by atoms with van der Waals surface area (Å²) in [4.78, 5) is 30.0. The highest BCUT2D eigenvalue weighted by Gasteiger charge is 2.37. The summed E-state index contributed by atoms with van der Waals surface area (Å²) in [5.74, 6) is -1.29. The maximum atomic E-state index is 14.6. The van der Waals surface area contributed by atoms with Gasteiger partial charge in [-0.2, -0.15) is 0 Å². The number of anilines is 1. The van der Waals surface area contributed by atoms with Gasteiger partial charge < -0.3 is 9.64 Å². The number of hydrogen-bond acceptors (Lipinski definition) is 5. The molecule has 0 atom stereocenters. The Balaban J connectivity index is 1.92. The Labute approximate surface area is 163 Å². The van der Waals surface area contributed by atoms with Gasteiger partial charge in [0.1, 0.15) is 11.4 Å². The molecule has 0 bridgehead atoms. The summed E-state index contributed by atoms with van der Waals surface area (Å²) in [5.41, 5.74) is 0.945. The number of ether oxygens (including phenoxy) is 1. The number of morpholine rings is 1. The third-order valence-corrected chi connectivity index (χ3v) is 5.12. The Bertz CT molecular complexity index is 777. The summed E-state index contributed by atoms with van der Waals surface area (Å²) in [5, 5.41) is 0.209. The van der Waals surface area contributed by atoms with Crippen molar-refractivity contribution < 1.29 is 18.7 Å². The number of nitrogens with zero attached hydrogens (tertiary/aromatic N) is 3. The van der Waals surface area contributed by atoms with Gasteiger partial charge in [0.25, 0.3) is 11.8 Å². The third kappa shape index (κ3) is 3.72. The molecular formula is C19H22FN3O3S. The minimum Gasteiger partial charge on any atom is -0.378 e. The van der Waals surface area contributed by atoms with Gasteiger partial charge in [-0.05, 0) is 49.8 Å². The SMILES string of the molecule is CCN1C(=O)C(=Cc2ccc(N3CCOCC3)c(F)c2)C(=O)N(CC)C1=S. The number of carbonyl (C=O) groups is 2. The normalized spacial score (nSPS) is 18.4. The average molecular weight is 391 g/mol. The minimum atomic E-state index is -0.449. The maximum absolute atomic E-state index is 14.6. The molecule has 27 heavy (non-hydrogen) atoms. The van der Waals surface area contributed by atoms with Gasteiger partial charge >= 0.3 is 0 Å². The van der Waals surface area contributed by atoms with E-state index in [4.69, 9.17) is 17.0 Å². The molecule has 0 unspecified atom stereocenters. The zero-order valence-electron chi connectivity index (χ0n) is 15.4. The Morgan fingerprint density at radius 1 is 1.11 bits per heavy atom. The summed E-state index contributed by atoms with van der Waals surface area (Å²) in [7, 11) is 0. The quantitative estimate of drug-likeness (QED) is 0.447. The second kappa shape index (κ2) is 8.14. The number of halogens is 1. The molecule has 0 aliphatic carbocycles. The first-order chi connectivity index (χ1) is 13.0. The van der Waals surface area contributed by atoms with Crippen molar-refractivity contribution in [1.82, 2.24) is 9.80 Å². The monoisotopic (exact) mass is 391 g/mol. The van der Waals surface area contributed by atoms with Crippen LogP contribution in [0.4, 0.5) is 10.1 Å². The van der Waals surface area contributed by atoms with Crippen LogP contribution in [0.2, 0.25) is 0 Å². The van der Waals surface area contributed by atoms with Crippen molar-refractivity contribution in [2.24, 2.45) is 0 Å². The van der Waals surface area contributed by atoms with Crippen LogP contribution in [0.25, 0.3) is 6.08 Å². The molecule has 3 rings (SSSR count). The number of benzene rings is 1.